The van der Waals surface area contributed by atoms with E-state index in [1.807, 2.05) is 54.6 Å². The standard InChI is InChI=1S/C23H17FN6O/c24-17-10-12-19(13-11-17)30-15-18(26-29-30)14-25-21-9-5-4-8-20(21)23-28-27-22(31-23)16-6-2-1-3-7-16/h1-13,15,25H,14H2. The van der Waals surface area contributed by atoms with Crippen molar-refractivity contribution in [2.75, 3.05) is 5.32 Å². The van der Waals surface area contributed by atoms with Crippen LogP contribution >= 0.6 is 0 Å². The second-order valence-electron chi connectivity index (χ2n) is 6.81. The van der Waals surface area contributed by atoms with Crippen molar-refractivity contribution in [2.45, 2.75) is 6.54 Å². The molecule has 0 unspecified atom stereocenters. The lowest BCUT2D eigenvalue weighted by molar-refractivity contribution is 0.585. The van der Waals surface area contributed by atoms with Crippen molar-refractivity contribution in [3.05, 3.63) is 96.6 Å². The second-order valence-corrected chi connectivity index (χ2v) is 6.81. The van der Waals surface area contributed by atoms with Gasteiger partial charge in [-0.2, -0.15) is 0 Å². The molecule has 152 valence electrons. The van der Waals surface area contributed by atoms with Crippen LogP contribution in [0.2, 0.25) is 0 Å². The molecule has 0 atom stereocenters. The van der Waals surface area contributed by atoms with Crippen LogP contribution in [0.25, 0.3) is 28.6 Å². The third-order valence-corrected chi connectivity index (χ3v) is 4.70. The van der Waals surface area contributed by atoms with Gasteiger partial charge in [-0.3, -0.25) is 0 Å². The third kappa shape index (κ3) is 4.04. The van der Waals surface area contributed by atoms with Gasteiger partial charge in [0.05, 0.1) is 24.0 Å². The zero-order valence-electron chi connectivity index (χ0n) is 16.3. The molecular weight excluding hydrogens is 395 g/mol. The Balaban J connectivity index is 1.34. The van der Waals surface area contributed by atoms with E-state index in [4.69, 9.17) is 4.42 Å². The molecule has 2 heterocycles. The molecule has 5 aromatic rings. The van der Waals surface area contributed by atoms with Gasteiger partial charge in [0.15, 0.2) is 0 Å². The van der Waals surface area contributed by atoms with Crippen LogP contribution in [0.1, 0.15) is 5.69 Å². The fourth-order valence-electron chi connectivity index (χ4n) is 3.14. The van der Waals surface area contributed by atoms with Crippen LogP contribution in [0.15, 0.2) is 89.5 Å². The van der Waals surface area contributed by atoms with E-state index in [9.17, 15) is 4.39 Å². The van der Waals surface area contributed by atoms with E-state index in [2.05, 4.69) is 25.8 Å². The molecule has 2 aromatic heterocycles. The zero-order valence-corrected chi connectivity index (χ0v) is 16.3. The van der Waals surface area contributed by atoms with Crippen molar-refractivity contribution in [2.24, 2.45) is 0 Å². The summed E-state index contributed by atoms with van der Waals surface area (Å²) in [6.45, 7) is 0.442. The fourth-order valence-corrected chi connectivity index (χ4v) is 3.14. The first-order valence-electron chi connectivity index (χ1n) is 9.66. The molecule has 0 aliphatic carbocycles. The first-order valence-corrected chi connectivity index (χ1v) is 9.66. The van der Waals surface area contributed by atoms with Crippen molar-refractivity contribution in [3.8, 4) is 28.6 Å². The number of hydrogen-bond acceptors (Lipinski definition) is 6. The molecule has 0 fully saturated rings. The molecule has 1 N–H and O–H groups in total. The Morgan fingerprint density at radius 3 is 2.39 bits per heavy atom. The van der Waals surface area contributed by atoms with E-state index in [0.717, 1.165) is 28.2 Å². The SMILES string of the molecule is Fc1ccc(-n2cc(CNc3ccccc3-c3nnc(-c4ccccc4)o3)nn2)cc1. The van der Waals surface area contributed by atoms with Crippen molar-refractivity contribution >= 4 is 5.69 Å². The van der Waals surface area contributed by atoms with E-state index in [1.165, 1.54) is 12.1 Å². The topological polar surface area (TPSA) is 81.7 Å². The first kappa shape index (κ1) is 18.7. The molecule has 7 nitrogen and oxygen atoms in total. The van der Waals surface area contributed by atoms with Gasteiger partial charge in [-0.25, -0.2) is 9.07 Å². The average molecular weight is 412 g/mol. The minimum atomic E-state index is -0.293. The normalized spacial score (nSPS) is 10.9. The number of rotatable bonds is 6. The van der Waals surface area contributed by atoms with Gasteiger partial charge in [-0.15, -0.1) is 15.3 Å². The number of hydrogen-bond donors (Lipinski definition) is 1. The number of nitrogens with one attached hydrogen (secondary N) is 1. The molecule has 0 saturated carbocycles. The molecule has 0 aliphatic rings. The Hall–Kier alpha value is -4.33. The molecule has 0 amide bonds. The summed E-state index contributed by atoms with van der Waals surface area (Å²) in [5, 5.41) is 20.0. The average Bonchev–Trinajstić information content (AvgIpc) is 3.49. The van der Waals surface area contributed by atoms with E-state index < -0.39 is 0 Å². The van der Waals surface area contributed by atoms with Crippen LogP contribution in [0.5, 0.6) is 0 Å². The summed E-state index contributed by atoms with van der Waals surface area (Å²) in [6, 6.07) is 23.4. The molecule has 0 aliphatic heterocycles. The van der Waals surface area contributed by atoms with Gasteiger partial charge in [0.2, 0.25) is 11.8 Å². The molecule has 0 spiro atoms. The first-order chi connectivity index (χ1) is 15.3. The summed E-state index contributed by atoms with van der Waals surface area (Å²) in [6.07, 6.45) is 1.79. The summed E-state index contributed by atoms with van der Waals surface area (Å²) in [7, 11) is 0. The largest absolute Gasteiger partial charge is 0.416 e. The number of benzene rings is 3. The van der Waals surface area contributed by atoms with Crippen LogP contribution in [-0.2, 0) is 6.54 Å². The second kappa shape index (κ2) is 8.19. The molecule has 31 heavy (non-hydrogen) atoms. The van der Waals surface area contributed by atoms with E-state index >= 15 is 0 Å². The minimum absolute atomic E-state index is 0.293. The Labute approximate surface area is 177 Å². The van der Waals surface area contributed by atoms with E-state index in [-0.39, 0.29) is 5.82 Å². The molecule has 8 heteroatoms. The number of halogens is 1. The maximum absolute atomic E-state index is 13.1. The molecule has 0 saturated heterocycles. The van der Waals surface area contributed by atoms with Gasteiger partial charge in [0.1, 0.15) is 11.5 Å². The summed E-state index contributed by atoms with van der Waals surface area (Å²) in [4.78, 5) is 0. The molecule has 0 bridgehead atoms. The number of aromatic nitrogens is 5. The van der Waals surface area contributed by atoms with Crippen LogP contribution in [0, 0.1) is 5.82 Å². The summed E-state index contributed by atoms with van der Waals surface area (Å²) in [5.41, 5.74) is 3.96. The molecule has 5 rings (SSSR count). The summed E-state index contributed by atoms with van der Waals surface area (Å²) < 4.78 is 20.6. The van der Waals surface area contributed by atoms with Crippen LogP contribution in [0.4, 0.5) is 10.1 Å². The monoisotopic (exact) mass is 412 g/mol. The lowest BCUT2D eigenvalue weighted by atomic mass is 10.1. The van der Waals surface area contributed by atoms with Crippen LogP contribution in [-0.4, -0.2) is 25.2 Å². The maximum Gasteiger partial charge on any atom is 0.250 e. The predicted molar refractivity (Wildman–Crippen MR) is 114 cm³/mol. The Morgan fingerprint density at radius 1 is 0.806 bits per heavy atom. The van der Waals surface area contributed by atoms with E-state index in [1.54, 1.807) is 23.0 Å². The molecule has 3 aromatic carbocycles. The van der Waals surface area contributed by atoms with Crippen molar-refractivity contribution < 1.29 is 8.81 Å². The zero-order chi connectivity index (χ0) is 21.0. The quantitative estimate of drug-likeness (QED) is 0.434. The highest BCUT2D eigenvalue weighted by atomic mass is 19.1. The Bertz CT molecular complexity index is 1300. The summed E-state index contributed by atoms with van der Waals surface area (Å²) >= 11 is 0. The molecular formula is C23H17FN6O. The lowest BCUT2D eigenvalue weighted by Crippen LogP contribution is -2.01. The minimum Gasteiger partial charge on any atom is -0.416 e. The lowest BCUT2D eigenvalue weighted by Gasteiger charge is -2.08. The highest BCUT2D eigenvalue weighted by Crippen LogP contribution is 2.29. The number of anilines is 1. The highest BCUT2D eigenvalue weighted by molar-refractivity contribution is 5.72. The predicted octanol–water partition coefficient (Wildman–Crippen LogP) is 4.74. The van der Waals surface area contributed by atoms with Gasteiger partial charge in [0, 0.05) is 11.3 Å². The number of nitrogens with zero attached hydrogens (tertiary/aromatic N) is 5. The Kier molecular flexibility index (Phi) is 4.94. The van der Waals surface area contributed by atoms with Gasteiger partial charge >= 0.3 is 0 Å². The van der Waals surface area contributed by atoms with Crippen LogP contribution < -0.4 is 5.32 Å². The van der Waals surface area contributed by atoms with Gasteiger partial charge < -0.3 is 9.73 Å². The van der Waals surface area contributed by atoms with E-state index in [0.29, 0.717) is 18.3 Å². The third-order valence-electron chi connectivity index (χ3n) is 4.70. The van der Waals surface area contributed by atoms with Gasteiger partial charge in [-0.05, 0) is 48.5 Å². The van der Waals surface area contributed by atoms with Crippen molar-refractivity contribution in [1.29, 1.82) is 0 Å². The van der Waals surface area contributed by atoms with Crippen molar-refractivity contribution in [3.63, 3.8) is 0 Å². The smallest absolute Gasteiger partial charge is 0.250 e. The Morgan fingerprint density at radius 2 is 1.55 bits per heavy atom. The van der Waals surface area contributed by atoms with Gasteiger partial charge in [0.25, 0.3) is 0 Å². The molecule has 0 radical (unpaired) electrons. The maximum atomic E-state index is 13.1. The number of para-hydroxylation sites is 1. The van der Waals surface area contributed by atoms with Crippen LogP contribution in [0.3, 0.4) is 0 Å². The van der Waals surface area contributed by atoms with Gasteiger partial charge in [-0.1, -0.05) is 35.5 Å². The highest BCUT2D eigenvalue weighted by Gasteiger charge is 2.14. The fraction of sp³-hybridized carbons (Fsp3) is 0.0435. The van der Waals surface area contributed by atoms with Crippen molar-refractivity contribution in [1.82, 2.24) is 25.2 Å². The summed E-state index contributed by atoms with van der Waals surface area (Å²) in [5.74, 6) is 0.600.